The van der Waals surface area contributed by atoms with Crippen LogP contribution in [0.5, 0.6) is 0 Å². The number of carbonyl (C=O) groups is 1. The molecule has 0 saturated heterocycles. The van der Waals surface area contributed by atoms with Crippen molar-refractivity contribution >= 4 is 23.8 Å². The third-order valence-electron chi connectivity index (χ3n) is 1.58. The number of nitrogens with one attached hydrogen (secondary N) is 1. The Morgan fingerprint density at radius 1 is 1.13 bits per heavy atom. The van der Waals surface area contributed by atoms with Crippen molar-refractivity contribution in [1.82, 2.24) is 15.0 Å². The van der Waals surface area contributed by atoms with Crippen LogP contribution in [0.15, 0.2) is 0 Å². The van der Waals surface area contributed by atoms with Gasteiger partial charge in [-0.2, -0.15) is 15.0 Å². The quantitative estimate of drug-likeness (QED) is 0.601. The van der Waals surface area contributed by atoms with E-state index < -0.39 is 5.41 Å². The minimum Gasteiger partial charge on any atom is -0.368 e. The highest BCUT2D eigenvalue weighted by atomic mass is 16.2. The predicted octanol–water partition coefficient (Wildman–Crippen LogP) is 0.0206. The number of aromatic nitrogens is 3. The summed E-state index contributed by atoms with van der Waals surface area (Å²) in [4.78, 5) is 22.6. The third-order valence-corrected chi connectivity index (χ3v) is 1.58. The van der Waals surface area contributed by atoms with E-state index in [9.17, 15) is 4.79 Å². The molecule has 82 valence electrons. The zero-order valence-electron chi connectivity index (χ0n) is 8.90. The minimum absolute atomic E-state index is 0.0216. The van der Waals surface area contributed by atoms with Crippen molar-refractivity contribution in [1.29, 1.82) is 0 Å². The summed E-state index contributed by atoms with van der Waals surface area (Å²) in [7, 11) is 0. The van der Waals surface area contributed by atoms with Gasteiger partial charge in [-0.1, -0.05) is 20.8 Å². The second-order valence-electron chi connectivity index (χ2n) is 4.08. The molecule has 0 aliphatic heterocycles. The summed E-state index contributed by atoms with van der Waals surface area (Å²) < 4.78 is 0. The summed E-state index contributed by atoms with van der Waals surface area (Å²) in [6.07, 6.45) is 0. The summed E-state index contributed by atoms with van der Waals surface area (Å²) in [6, 6.07) is 0. The summed E-state index contributed by atoms with van der Waals surface area (Å²) >= 11 is 0. The van der Waals surface area contributed by atoms with E-state index in [4.69, 9.17) is 11.5 Å². The number of amides is 1. The lowest BCUT2D eigenvalue weighted by Crippen LogP contribution is -2.28. The Kier molecular flexibility index (Phi) is 2.74. The molecule has 0 aliphatic carbocycles. The number of nitrogens with zero attached hydrogens (tertiary/aromatic N) is 3. The van der Waals surface area contributed by atoms with Crippen LogP contribution in [0.4, 0.5) is 17.8 Å². The molecule has 1 aromatic heterocycles. The highest BCUT2D eigenvalue weighted by Gasteiger charge is 2.22. The van der Waals surface area contributed by atoms with Crippen LogP contribution in [0, 0.1) is 5.41 Å². The van der Waals surface area contributed by atoms with E-state index in [1.807, 2.05) is 0 Å². The fourth-order valence-electron chi connectivity index (χ4n) is 0.754. The van der Waals surface area contributed by atoms with Crippen LogP contribution in [0.25, 0.3) is 0 Å². The lowest BCUT2D eigenvalue weighted by atomic mass is 9.96. The molecule has 1 rings (SSSR count). The van der Waals surface area contributed by atoms with E-state index in [0.29, 0.717) is 0 Å². The highest BCUT2D eigenvalue weighted by Crippen LogP contribution is 2.15. The lowest BCUT2D eigenvalue weighted by molar-refractivity contribution is -0.123. The first-order valence-corrected chi connectivity index (χ1v) is 4.37. The molecule has 1 aromatic rings. The van der Waals surface area contributed by atoms with E-state index in [-0.39, 0.29) is 23.8 Å². The zero-order chi connectivity index (χ0) is 11.6. The van der Waals surface area contributed by atoms with Crippen molar-refractivity contribution in [3.05, 3.63) is 0 Å². The van der Waals surface area contributed by atoms with E-state index >= 15 is 0 Å². The molecule has 0 bridgehead atoms. The second kappa shape index (κ2) is 3.68. The Labute approximate surface area is 87.3 Å². The number of hydrogen-bond acceptors (Lipinski definition) is 6. The number of nitrogens with two attached hydrogens (primary N) is 2. The number of nitrogen functional groups attached to an aromatic ring is 2. The second-order valence-corrected chi connectivity index (χ2v) is 4.08. The molecule has 0 fully saturated rings. The molecule has 0 spiro atoms. The van der Waals surface area contributed by atoms with Gasteiger partial charge in [0.2, 0.25) is 23.8 Å². The fourth-order valence-corrected chi connectivity index (χ4v) is 0.754. The standard InChI is InChI=1S/C8H14N6O/c1-8(2,3)4(15)11-7-13-5(9)12-6(10)14-7/h1-3H3,(H5,9,10,11,12,13,14,15). The van der Waals surface area contributed by atoms with E-state index in [1.165, 1.54) is 0 Å². The predicted molar refractivity (Wildman–Crippen MR) is 56.7 cm³/mol. The van der Waals surface area contributed by atoms with Gasteiger partial charge < -0.3 is 11.5 Å². The molecule has 15 heavy (non-hydrogen) atoms. The van der Waals surface area contributed by atoms with Crippen LogP contribution in [-0.4, -0.2) is 20.9 Å². The van der Waals surface area contributed by atoms with E-state index in [1.54, 1.807) is 20.8 Å². The number of carbonyl (C=O) groups excluding carboxylic acids is 1. The van der Waals surface area contributed by atoms with Gasteiger partial charge >= 0.3 is 0 Å². The molecular weight excluding hydrogens is 196 g/mol. The van der Waals surface area contributed by atoms with Crippen molar-refractivity contribution in [3.8, 4) is 0 Å². The molecule has 0 aromatic carbocycles. The number of hydrogen-bond donors (Lipinski definition) is 3. The Bertz CT molecular complexity index is 363. The molecule has 0 unspecified atom stereocenters. The molecule has 7 nitrogen and oxygen atoms in total. The lowest BCUT2D eigenvalue weighted by Gasteiger charge is -2.16. The maximum absolute atomic E-state index is 11.6. The largest absolute Gasteiger partial charge is 0.368 e. The Hall–Kier alpha value is -1.92. The van der Waals surface area contributed by atoms with E-state index in [2.05, 4.69) is 20.3 Å². The SMILES string of the molecule is CC(C)(C)C(=O)Nc1nc(N)nc(N)n1. The number of rotatable bonds is 1. The first kappa shape index (κ1) is 11.2. The van der Waals surface area contributed by atoms with E-state index in [0.717, 1.165) is 0 Å². The van der Waals surface area contributed by atoms with Crippen molar-refractivity contribution < 1.29 is 4.79 Å². The van der Waals surface area contributed by atoms with Gasteiger partial charge in [-0.05, 0) is 0 Å². The molecule has 1 amide bonds. The summed E-state index contributed by atoms with van der Waals surface area (Å²) in [5.74, 6) is -0.189. The summed E-state index contributed by atoms with van der Waals surface area (Å²) in [5, 5.41) is 2.50. The van der Waals surface area contributed by atoms with Gasteiger partial charge in [-0.25, -0.2) is 0 Å². The Morgan fingerprint density at radius 2 is 1.60 bits per heavy atom. The van der Waals surface area contributed by atoms with Crippen molar-refractivity contribution in [2.24, 2.45) is 5.41 Å². The third kappa shape index (κ3) is 3.04. The fraction of sp³-hybridized carbons (Fsp3) is 0.500. The van der Waals surface area contributed by atoms with Crippen molar-refractivity contribution in [2.75, 3.05) is 16.8 Å². The smallest absolute Gasteiger partial charge is 0.236 e. The Morgan fingerprint density at radius 3 is 2.00 bits per heavy atom. The highest BCUT2D eigenvalue weighted by molar-refractivity contribution is 5.93. The Balaban J connectivity index is 2.86. The molecule has 0 atom stereocenters. The van der Waals surface area contributed by atoms with Crippen LogP contribution in [0.3, 0.4) is 0 Å². The average Bonchev–Trinajstić information content (AvgIpc) is 1.99. The molecule has 0 radical (unpaired) electrons. The number of anilines is 3. The first-order chi connectivity index (χ1) is 6.79. The van der Waals surface area contributed by atoms with Crippen molar-refractivity contribution in [3.63, 3.8) is 0 Å². The molecule has 5 N–H and O–H groups in total. The molecule has 0 saturated carbocycles. The monoisotopic (exact) mass is 210 g/mol. The molecular formula is C8H14N6O. The van der Waals surface area contributed by atoms with Gasteiger partial charge in [0.15, 0.2) is 0 Å². The first-order valence-electron chi connectivity index (χ1n) is 4.37. The van der Waals surface area contributed by atoms with Crippen molar-refractivity contribution in [2.45, 2.75) is 20.8 Å². The van der Waals surface area contributed by atoms with Gasteiger partial charge in [0.1, 0.15) is 0 Å². The molecule has 1 heterocycles. The van der Waals surface area contributed by atoms with Gasteiger partial charge in [-0.15, -0.1) is 0 Å². The van der Waals surface area contributed by atoms with Crippen LogP contribution in [0.2, 0.25) is 0 Å². The van der Waals surface area contributed by atoms with Gasteiger partial charge in [-0.3, -0.25) is 10.1 Å². The van der Waals surface area contributed by atoms with Gasteiger partial charge in [0, 0.05) is 5.41 Å². The maximum Gasteiger partial charge on any atom is 0.236 e. The van der Waals surface area contributed by atoms with Crippen LogP contribution in [-0.2, 0) is 4.79 Å². The maximum atomic E-state index is 11.6. The van der Waals surface area contributed by atoms with Gasteiger partial charge in [0.25, 0.3) is 0 Å². The van der Waals surface area contributed by atoms with Crippen LogP contribution < -0.4 is 16.8 Å². The average molecular weight is 210 g/mol. The zero-order valence-corrected chi connectivity index (χ0v) is 8.90. The molecule has 0 aliphatic rings. The van der Waals surface area contributed by atoms with Crippen LogP contribution in [0.1, 0.15) is 20.8 Å². The van der Waals surface area contributed by atoms with Gasteiger partial charge in [0.05, 0.1) is 0 Å². The summed E-state index contributed by atoms with van der Waals surface area (Å²) in [5.41, 5.74) is 10.2. The minimum atomic E-state index is -0.532. The van der Waals surface area contributed by atoms with Crippen LogP contribution >= 0.6 is 0 Å². The topological polar surface area (TPSA) is 120 Å². The normalized spacial score (nSPS) is 11.1. The summed E-state index contributed by atoms with van der Waals surface area (Å²) in [6.45, 7) is 5.32. The molecule has 7 heteroatoms.